The first-order valence-electron chi connectivity index (χ1n) is 7.71. The Kier molecular flexibility index (Phi) is 5.63. The zero-order chi connectivity index (χ0) is 19.3. The summed E-state index contributed by atoms with van der Waals surface area (Å²) in [5.74, 6) is -1.10. The Labute approximate surface area is 159 Å². The minimum absolute atomic E-state index is 0.0864. The maximum atomic E-state index is 13.5. The van der Waals surface area contributed by atoms with E-state index in [1.54, 1.807) is 35.7 Å². The number of nitrogens with zero attached hydrogens (tertiary/aromatic N) is 1. The zero-order valence-corrected chi connectivity index (χ0v) is 15.4. The smallest absolute Gasteiger partial charge is 0.273 e. The van der Waals surface area contributed by atoms with Crippen molar-refractivity contribution in [2.45, 2.75) is 4.21 Å². The molecule has 2 aromatic carbocycles. The summed E-state index contributed by atoms with van der Waals surface area (Å²) in [5.41, 5.74) is 2.68. The number of benzene rings is 2. The van der Waals surface area contributed by atoms with E-state index in [1.807, 2.05) is 0 Å². The van der Waals surface area contributed by atoms with Gasteiger partial charge in [-0.25, -0.2) is 18.2 Å². The van der Waals surface area contributed by atoms with Crippen molar-refractivity contribution < 1.29 is 17.6 Å². The fourth-order valence-electron chi connectivity index (χ4n) is 2.18. The van der Waals surface area contributed by atoms with Crippen molar-refractivity contribution in [3.8, 4) is 0 Å². The second kappa shape index (κ2) is 8.11. The highest BCUT2D eigenvalue weighted by atomic mass is 32.2. The van der Waals surface area contributed by atoms with Crippen LogP contribution in [-0.2, 0) is 10.0 Å². The number of halogens is 1. The third-order valence-electron chi connectivity index (χ3n) is 3.45. The summed E-state index contributed by atoms with van der Waals surface area (Å²) in [6.07, 6.45) is 1.17. The Hall–Kier alpha value is -3.04. The van der Waals surface area contributed by atoms with E-state index in [4.69, 9.17) is 0 Å². The minimum Gasteiger partial charge on any atom is -0.278 e. The topological polar surface area (TPSA) is 87.6 Å². The molecule has 0 aliphatic heterocycles. The Bertz CT molecular complexity index is 1080. The van der Waals surface area contributed by atoms with Gasteiger partial charge in [-0.1, -0.05) is 36.4 Å². The van der Waals surface area contributed by atoms with Crippen molar-refractivity contribution in [2.24, 2.45) is 5.10 Å². The molecular weight excluding hydrogens is 389 g/mol. The predicted molar refractivity (Wildman–Crippen MR) is 103 cm³/mol. The second-order valence-corrected chi connectivity index (χ2v) is 8.16. The van der Waals surface area contributed by atoms with Gasteiger partial charge < -0.3 is 0 Å². The Morgan fingerprint density at radius 3 is 2.52 bits per heavy atom. The number of sulfonamides is 1. The molecule has 0 saturated carbocycles. The van der Waals surface area contributed by atoms with Crippen molar-refractivity contribution in [3.05, 3.63) is 83.0 Å². The van der Waals surface area contributed by atoms with Crippen LogP contribution in [-0.4, -0.2) is 20.5 Å². The molecule has 0 unspecified atom stereocenters. The molecule has 0 spiro atoms. The van der Waals surface area contributed by atoms with Crippen LogP contribution in [0.4, 0.5) is 10.1 Å². The molecule has 138 valence electrons. The van der Waals surface area contributed by atoms with Gasteiger partial charge >= 0.3 is 0 Å². The predicted octanol–water partition coefficient (Wildman–Crippen LogP) is 3.45. The Morgan fingerprint density at radius 2 is 1.78 bits per heavy atom. The molecule has 0 saturated heterocycles. The van der Waals surface area contributed by atoms with Gasteiger partial charge in [0.1, 0.15) is 10.0 Å². The van der Waals surface area contributed by atoms with Crippen LogP contribution in [0.2, 0.25) is 0 Å². The number of carbonyl (C=O) groups excluding carboxylic acids is 1. The minimum atomic E-state index is -3.79. The molecule has 9 heteroatoms. The summed E-state index contributed by atoms with van der Waals surface area (Å²) < 4.78 is 40.8. The fourth-order valence-corrected chi connectivity index (χ4v) is 4.25. The monoisotopic (exact) mass is 403 g/mol. The largest absolute Gasteiger partial charge is 0.278 e. The van der Waals surface area contributed by atoms with E-state index in [0.29, 0.717) is 0 Å². The standard InChI is InChI=1S/C18H14FN3O3S2/c19-15-8-3-1-6-13(15)12-20-21-18(23)14-7-2-4-9-16(14)22-27(24,25)17-10-5-11-26-17/h1-12,22H,(H,21,23)/b20-12-. The summed E-state index contributed by atoms with van der Waals surface area (Å²) >= 11 is 1.07. The number of anilines is 1. The number of rotatable bonds is 6. The first kappa shape index (κ1) is 18.7. The summed E-state index contributed by atoms with van der Waals surface area (Å²) in [6, 6.07) is 15.2. The van der Waals surface area contributed by atoms with Gasteiger partial charge in [-0.2, -0.15) is 5.10 Å². The van der Waals surface area contributed by atoms with Crippen LogP contribution in [0.3, 0.4) is 0 Å². The molecule has 0 radical (unpaired) electrons. The lowest BCUT2D eigenvalue weighted by atomic mass is 10.2. The van der Waals surface area contributed by atoms with E-state index in [9.17, 15) is 17.6 Å². The number of hydrogen-bond acceptors (Lipinski definition) is 5. The fraction of sp³-hybridized carbons (Fsp3) is 0. The van der Waals surface area contributed by atoms with Gasteiger partial charge in [0.2, 0.25) is 0 Å². The Balaban J connectivity index is 1.77. The molecule has 2 N–H and O–H groups in total. The highest BCUT2D eigenvalue weighted by molar-refractivity contribution is 7.94. The molecule has 0 atom stereocenters. The quantitative estimate of drug-likeness (QED) is 0.488. The van der Waals surface area contributed by atoms with Crippen molar-refractivity contribution in [3.63, 3.8) is 0 Å². The van der Waals surface area contributed by atoms with Crippen LogP contribution in [0.15, 0.2) is 75.4 Å². The Morgan fingerprint density at radius 1 is 1.04 bits per heavy atom. The highest BCUT2D eigenvalue weighted by Crippen LogP contribution is 2.22. The summed E-state index contributed by atoms with van der Waals surface area (Å²) in [5, 5.41) is 5.37. The number of hydrazone groups is 1. The lowest BCUT2D eigenvalue weighted by Gasteiger charge is -2.10. The van der Waals surface area contributed by atoms with E-state index in [0.717, 1.165) is 11.3 Å². The van der Waals surface area contributed by atoms with Crippen LogP contribution in [0, 0.1) is 5.82 Å². The first-order valence-corrected chi connectivity index (χ1v) is 10.1. The molecule has 1 aromatic heterocycles. The third-order valence-corrected chi connectivity index (χ3v) is 6.21. The van der Waals surface area contributed by atoms with Crippen LogP contribution in [0.25, 0.3) is 0 Å². The molecule has 0 aliphatic carbocycles. The van der Waals surface area contributed by atoms with Crippen LogP contribution >= 0.6 is 11.3 Å². The maximum absolute atomic E-state index is 13.5. The van der Waals surface area contributed by atoms with Gasteiger partial charge in [-0.05, 0) is 29.6 Å². The molecular formula is C18H14FN3O3S2. The first-order chi connectivity index (χ1) is 13.0. The van der Waals surface area contributed by atoms with Crippen molar-refractivity contribution in [1.82, 2.24) is 5.43 Å². The molecule has 0 bridgehead atoms. The van der Waals surface area contributed by atoms with Gasteiger partial charge in [0.15, 0.2) is 0 Å². The zero-order valence-electron chi connectivity index (χ0n) is 13.8. The number of carbonyl (C=O) groups is 1. The van der Waals surface area contributed by atoms with E-state index in [1.165, 1.54) is 36.5 Å². The molecule has 0 fully saturated rings. The van der Waals surface area contributed by atoms with Crippen molar-refractivity contribution in [1.29, 1.82) is 0 Å². The summed E-state index contributed by atoms with van der Waals surface area (Å²) in [6.45, 7) is 0. The maximum Gasteiger partial charge on any atom is 0.273 e. The van der Waals surface area contributed by atoms with Crippen LogP contribution in [0.5, 0.6) is 0 Å². The van der Waals surface area contributed by atoms with Gasteiger partial charge in [0, 0.05) is 5.56 Å². The molecule has 1 heterocycles. The number of nitrogens with one attached hydrogen (secondary N) is 2. The van der Waals surface area contributed by atoms with Gasteiger partial charge in [0.25, 0.3) is 15.9 Å². The van der Waals surface area contributed by atoms with E-state index >= 15 is 0 Å². The van der Waals surface area contributed by atoms with Crippen LogP contribution < -0.4 is 10.1 Å². The van der Waals surface area contributed by atoms with Crippen molar-refractivity contribution >= 4 is 39.2 Å². The number of hydrogen-bond donors (Lipinski definition) is 2. The average Bonchev–Trinajstić information content (AvgIpc) is 3.19. The van der Waals surface area contributed by atoms with E-state index < -0.39 is 21.7 Å². The average molecular weight is 403 g/mol. The van der Waals surface area contributed by atoms with Gasteiger partial charge in [-0.15, -0.1) is 11.3 Å². The van der Waals surface area contributed by atoms with E-state index in [2.05, 4.69) is 15.2 Å². The van der Waals surface area contributed by atoms with E-state index in [-0.39, 0.29) is 21.0 Å². The second-order valence-electron chi connectivity index (χ2n) is 5.30. The third kappa shape index (κ3) is 4.57. The number of thiophene rings is 1. The van der Waals surface area contributed by atoms with Gasteiger partial charge in [-0.3, -0.25) is 9.52 Å². The summed E-state index contributed by atoms with van der Waals surface area (Å²) in [7, 11) is -3.79. The van der Waals surface area contributed by atoms with Crippen LogP contribution in [0.1, 0.15) is 15.9 Å². The SMILES string of the molecule is O=C(N/N=C\c1ccccc1F)c1ccccc1NS(=O)(=O)c1cccs1. The summed E-state index contributed by atoms with van der Waals surface area (Å²) in [4.78, 5) is 12.4. The molecule has 1 amide bonds. The molecule has 6 nitrogen and oxygen atoms in total. The molecule has 3 aromatic rings. The molecule has 27 heavy (non-hydrogen) atoms. The van der Waals surface area contributed by atoms with Crippen molar-refractivity contribution in [2.75, 3.05) is 4.72 Å². The normalized spacial score (nSPS) is 11.4. The molecule has 0 aliphatic rings. The lowest BCUT2D eigenvalue weighted by molar-refractivity contribution is 0.0956. The highest BCUT2D eigenvalue weighted by Gasteiger charge is 2.19. The number of amides is 1. The number of para-hydroxylation sites is 1. The molecule has 3 rings (SSSR count). The van der Waals surface area contributed by atoms with Gasteiger partial charge in [0.05, 0.1) is 17.5 Å². The lowest BCUT2D eigenvalue weighted by Crippen LogP contribution is -2.21.